The number of carbonyl (C=O) groups is 2. The summed E-state index contributed by atoms with van der Waals surface area (Å²) >= 11 is 0. The molecule has 0 atom stereocenters. The van der Waals surface area contributed by atoms with Gasteiger partial charge in [-0.1, -0.05) is 0 Å². The number of carbonyl (C=O) groups excluding carboxylic acids is 2. The molecule has 1 aromatic heterocycles. The molecule has 0 aliphatic carbocycles. The van der Waals surface area contributed by atoms with Crippen molar-refractivity contribution in [2.24, 2.45) is 0 Å². The number of ether oxygens (including phenoxy) is 1. The number of morpholine rings is 1. The smallest absolute Gasteiger partial charge is 0.236 e. The SMILES string of the molecule is O=C(CCc1ncc(-c2ccc(F)cc2F)o1)N1CCN(C(=O)CN2CCOCC2)CC1. The Kier molecular flexibility index (Phi) is 7.11. The Morgan fingerprint density at radius 2 is 1.66 bits per heavy atom. The van der Waals surface area contributed by atoms with E-state index in [1.807, 2.05) is 0 Å². The maximum absolute atomic E-state index is 13.9. The zero-order valence-electron chi connectivity index (χ0n) is 17.8. The third-order valence-corrected chi connectivity index (χ3v) is 5.75. The van der Waals surface area contributed by atoms with E-state index in [1.54, 1.807) is 9.80 Å². The van der Waals surface area contributed by atoms with Gasteiger partial charge in [0.1, 0.15) is 11.6 Å². The summed E-state index contributed by atoms with van der Waals surface area (Å²) in [7, 11) is 0. The first-order valence-electron chi connectivity index (χ1n) is 10.8. The normalized spacial score (nSPS) is 17.6. The average molecular weight is 448 g/mol. The lowest BCUT2D eigenvalue weighted by Gasteiger charge is -2.36. The quantitative estimate of drug-likeness (QED) is 0.668. The molecule has 10 heteroatoms. The van der Waals surface area contributed by atoms with E-state index in [2.05, 4.69) is 9.88 Å². The van der Waals surface area contributed by atoms with E-state index in [4.69, 9.17) is 9.15 Å². The molecule has 0 saturated carbocycles. The maximum Gasteiger partial charge on any atom is 0.236 e. The van der Waals surface area contributed by atoms with Gasteiger partial charge in [-0.05, 0) is 12.1 Å². The van der Waals surface area contributed by atoms with Crippen molar-refractivity contribution in [2.75, 3.05) is 59.0 Å². The van der Waals surface area contributed by atoms with Crippen LogP contribution in [-0.2, 0) is 20.7 Å². The molecule has 0 bridgehead atoms. The number of halogens is 2. The van der Waals surface area contributed by atoms with Crippen molar-refractivity contribution in [1.82, 2.24) is 19.7 Å². The van der Waals surface area contributed by atoms with Crippen LogP contribution < -0.4 is 0 Å². The number of oxazole rings is 1. The molecule has 2 aromatic rings. The number of aryl methyl sites for hydroxylation is 1. The minimum absolute atomic E-state index is 0.0435. The van der Waals surface area contributed by atoms with Crippen LogP contribution in [0.15, 0.2) is 28.8 Å². The van der Waals surface area contributed by atoms with Gasteiger partial charge in [-0.15, -0.1) is 0 Å². The first-order chi connectivity index (χ1) is 15.5. The fourth-order valence-electron chi connectivity index (χ4n) is 3.87. The van der Waals surface area contributed by atoms with E-state index >= 15 is 0 Å². The first kappa shape index (κ1) is 22.3. The summed E-state index contributed by atoms with van der Waals surface area (Å²) in [6, 6.07) is 3.22. The number of rotatable bonds is 6. The molecule has 8 nitrogen and oxygen atoms in total. The number of amides is 2. The molecule has 0 spiro atoms. The highest BCUT2D eigenvalue weighted by Gasteiger charge is 2.26. The highest BCUT2D eigenvalue weighted by molar-refractivity contribution is 5.79. The van der Waals surface area contributed by atoms with Gasteiger partial charge in [-0.25, -0.2) is 13.8 Å². The lowest BCUT2D eigenvalue weighted by atomic mass is 10.2. The molecule has 4 rings (SSSR count). The predicted octanol–water partition coefficient (Wildman–Crippen LogP) is 1.56. The van der Waals surface area contributed by atoms with Crippen LogP contribution in [0.3, 0.4) is 0 Å². The summed E-state index contributed by atoms with van der Waals surface area (Å²) in [6.07, 6.45) is 1.85. The van der Waals surface area contributed by atoms with Gasteiger partial charge in [0.05, 0.1) is 31.5 Å². The summed E-state index contributed by atoms with van der Waals surface area (Å²) in [5, 5.41) is 0. The summed E-state index contributed by atoms with van der Waals surface area (Å²) in [5.74, 6) is -0.852. The molecular formula is C22H26F2N4O4. The van der Waals surface area contributed by atoms with Crippen molar-refractivity contribution in [3.05, 3.63) is 41.9 Å². The van der Waals surface area contributed by atoms with Gasteiger partial charge in [0, 0.05) is 58.2 Å². The van der Waals surface area contributed by atoms with Gasteiger partial charge in [0.2, 0.25) is 11.8 Å². The summed E-state index contributed by atoms with van der Waals surface area (Å²) in [5.41, 5.74) is 0.120. The lowest BCUT2D eigenvalue weighted by molar-refractivity contribution is -0.140. The molecule has 0 radical (unpaired) electrons. The predicted molar refractivity (Wildman–Crippen MR) is 111 cm³/mol. The van der Waals surface area contributed by atoms with Crippen molar-refractivity contribution in [3.8, 4) is 11.3 Å². The fraction of sp³-hybridized carbons (Fsp3) is 0.500. The van der Waals surface area contributed by atoms with Crippen LogP contribution in [-0.4, -0.2) is 90.5 Å². The first-order valence-corrected chi connectivity index (χ1v) is 10.8. The van der Waals surface area contributed by atoms with Crippen molar-refractivity contribution in [1.29, 1.82) is 0 Å². The zero-order valence-corrected chi connectivity index (χ0v) is 17.8. The average Bonchev–Trinajstić information content (AvgIpc) is 3.27. The Morgan fingerprint density at radius 3 is 2.34 bits per heavy atom. The van der Waals surface area contributed by atoms with Crippen molar-refractivity contribution in [3.63, 3.8) is 0 Å². The van der Waals surface area contributed by atoms with E-state index in [0.717, 1.165) is 25.2 Å². The fourth-order valence-corrected chi connectivity index (χ4v) is 3.87. The second-order valence-electron chi connectivity index (χ2n) is 7.89. The van der Waals surface area contributed by atoms with Crippen LogP contribution in [0.25, 0.3) is 11.3 Å². The van der Waals surface area contributed by atoms with Gasteiger partial charge < -0.3 is 19.0 Å². The largest absolute Gasteiger partial charge is 0.441 e. The molecule has 3 heterocycles. The number of benzene rings is 1. The highest BCUT2D eigenvalue weighted by atomic mass is 19.1. The number of aromatic nitrogens is 1. The van der Waals surface area contributed by atoms with E-state index in [9.17, 15) is 18.4 Å². The van der Waals surface area contributed by atoms with Crippen LogP contribution in [0.2, 0.25) is 0 Å². The second kappa shape index (κ2) is 10.2. The van der Waals surface area contributed by atoms with Gasteiger partial charge in [0.15, 0.2) is 11.7 Å². The van der Waals surface area contributed by atoms with E-state index < -0.39 is 11.6 Å². The van der Waals surface area contributed by atoms with Crippen molar-refractivity contribution >= 4 is 11.8 Å². The van der Waals surface area contributed by atoms with Crippen molar-refractivity contribution < 1.29 is 27.5 Å². The van der Waals surface area contributed by atoms with Crippen LogP contribution in [0.1, 0.15) is 12.3 Å². The zero-order chi connectivity index (χ0) is 22.5. The van der Waals surface area contributed by atoms with Crippen LogP contribution in [0, 0.1) is 11.6 Å². The minimum atomic E-state index is -0.732. The summed E-state index contributed by atoms with van der Waals surface area (Å²) < 4.78 is 37.8. The molecule has 2 saturated heterocycles. The van der Waals surface area contributed by atoms with Crippen molar-refractivity contribution in [2.45, 2.75) is 12.8 Å². The second-order valence-corrected chi connectivity index (χ2v) is 7.89. The van der Waals surface area contributed by atoms with E-state index in [-0.39, 0.29) is 36.0 Å². The molecule has 32 heavy (non-hydrogen) atoms. The maximum atomic E-state index is 13.9. The Morgan fingerprint density at radius 1 is 0.969 bits per heavy atom. The number of hydrogen-bond donors (Lipinski definition) is 0. The minimum Gasteiger partial charge on any atom is -0.441 e. The molecule has 0 N–H and O–H groups in total. The Bertz CT molecular complexity index is 953. The van der Waals surface area contributed by atoms with Gasteiger partial charge in [-0.2, -0.15) is 0 Å². The van der Waals surface area contributed by atoms with Gasteiger partial charge >= 0.3 is 0 Å². The van der Waals surface area contributed by atoms with Crippen LogP contribution >= 0.6 is 0 Å². The molecule has 1 aromatic carbocycles. The van der Waals surface area contributed by atoms with Crippen LogP contribution in [0.5, 0.6) is 0 Å². The van der Waals surface area contributed by atoms with Gasteiger partial charge in [0.25, 0.3) is 0 Å². The monoisotopic (exact) mass is 448 g/mol. The molecule has 2 fully saturated rings. The standard InChI is InChI=1S/C22H26F2N4O4/c23-16-1-2-17(18(24)13-16)19-14-25-20(32-19)3-4-21(29)27-5-7-28(8-6-27)22(30)15-26-9-11-31-12-10-26/h1-2,13-14H,3-12,15H2. The van der Waals surface area contributed by atoms with Crippen LogP contribution in [0.4, 0.5) is 8.78 Å². The van der Waals surface area contributed by atoms with Gasteiger partial charge in [-0.3, -0.25) is 14.5 Å². The molecule has 2 aliphatic heterocycles. The Hall–Kier alpha value is -2.85. The van der Waals surface area contributed by atoms with E-state index in [1.165, 1.54) is 12.3 Å². The number of piperazine rings is 1. The summed E-state index contributed by atoms with van der Waals surface area (Å²) in [4.78, 5) is 34.8. The van der Waals surface area contributed by atoms with E-state index in [0.29, 0.717) is 51.8 Å². The Balaban J connectivity index is 1.22. The number of nitrogens with zero attached hydrogens (tertiary/aromatic N) is 4. The molecule has 172 valence electrons. The topological polar surface area (TPSA) is 79.1 Å². The third kappa shape index (κ3) is 5.49. The molecule has 2 amide bonds. The summed E-state index contributed by atoms with van der Waals surface area (Å²) in [6.45, 7) is 5.24. The molecule has 0 unspecified atom stereocenters. The molecule has 2 aliphatic rings. The lowest BCUT2D eigenvalue weighted by Crippen LogP contribution is -2.53. The molecular weight excluding hydrogens is 422 g/mol. The highest BCUT2D eigenvalue weighted by Crippen LogP contribution is 2.24. The number of hydrogen-bond acceptors (Lipinski definition) is 6. The third-order valence-electron chi connectivity index (χ3n) is 5.75. The Labute approximate surface area is 184 Å².